The molecule has 0 radical (unpaired) electrons. The van der Waals surface area contributed by atoms with Crippen LogP contribution in [0.2, 0.25) is 0 Å². The molecule has 1 aromatic carbocycles. The van der Waals surface area contributed by atoms with Gasteiger partial charge < -0.3 is 19.1 Å². The van der Waals surface area contributed by atoms with Crippen molar-refractivity contribution < 1.29 is 41.0 Å². The molecule has 3 aliphatic heterocycles. The summed E-state index contributed by atoms with van der Waals surface area (Å²) in [5.74, 6) is -1.48. The number of rotatable bonds is 3. The normalized spacial score (nSPS) is 24.7. The van der Waals surface area contributed by atoms with Crippen LogP contribution >= 0.6 is 15.9 Å². The molecule has 3 aliphatic rings. The van der Waals surface area contributed by atoms with E-state index in [-0.39, 0.29) is 22.8 Å². The summed E-state index contributed by atoms with van der Waals surface area (Å²) in [4.78, 5) is 24.0. The molecule has 1 amide bonds. The first-order valence-corrected chi connectivity index (χ1v) is 14.2. The third kappa shape index (κ3) is 7.12. The van der Waals surface area contributed by atoms with Crippen LogP contribution in [0.3, 0.4) is 0 Å². The lowest BCUT2D eigenvalue weighted by molar-refractivity contribution is -0.138. The highest BCUT2D eigenvalue weighted by molar-refractivity contribution is 9.10. The summed E-state index contributed by atoms with van der Waals surface area (Å²) in [7, 11) is 1.24. The predicted octanol–water partition coefficient (Wildman–Crippen LogP) is 6.53. The molecule has 3 fully saturated rings. The van der Waals surface area contributed by atoms with E-state index < -0.39 is 52.0 Å². The van der Waals surface area contributed by atoms with Crippen LogP contribution in [0.5, 0.6) is 11.9 Å². The second kappa shape index (κ2) is 12.0. The minimum absolute atomic E-state index is 0.262. The highest BCUT2D eigenvalue weighted by Gasteiger charge is 2.40. The Kier molecular flexibility index (Phi) is 9.22. The fourth-order valence-corrected chi connectivity index (χ4v) is 5.89. The van der Waals surface area contributed by atoms with Crippen LogP contribution in [0.4, 0.5) is 26.7 Å². The van der Waals surface area contributed by atoms with E-state index in [1.165, 1.54) is 24.9 Å². The number of alkyl halides is 4. The van der Waals surface area contributed by atoms with Crippen LogP contribution in [-0.2, 0) is 10.9 Å². The third-order valence-electron chi connectivity index (χ3n) is 7.34. The molecule has 0 saturated carbocycles. The monoisotopic (exact) mass is 652 g/mol. The van der Waals surface area contributed by atoms with Crippen molar-refractivity contribution in [3.63, 3.8) is 0 Å². The second-order valence-corrected chi connectivity index (χ2v) is 12.2. The van der Waals surface area contributed by atoms with Gasteiger partial charge in [-0.25, -0.2) is 13.6 Å². The smallest absolute Gasteiger partial charge is 0.417 e. The molecule has 8 nitrogen and oxygen atoms in total. The number of likely N-dealkylation sites (tertiary alicyclic amines) is 1. The van der Waals surface area contributed by atoms with Gasteiger partial charge in [0.2, 0.25) is 5.88 Å². The minimum atomic E-state index is -4.82. The Morgan fingerprint density at radius 1 is 1.15 bits per heavy atom. The van der Waals surface area contributed by atoms with Crippen LogP contribution in [0.15, 0.2) is 10.5 Å². The molecule has 4 atom stereocenters. The quantitative estimate of drug-likeness (QED) is 0.349. The number of carbonyl (C=O) groups is 1. The second-order valence-electron chi connectivity index (χ2n) is 11.4. The largest absolute Gasteiger partial charge is 0.471 e. The van der Waals surface area contributed by atoms with Gasteiger partial charge in [-0.2, -0.15) is 23.1 Å². The number of hydrogen-bond donors (Lipinski definition) is 0. The summed E-state index contributed by atoms with van der Waals surface area (Å²) in [6.07, 6.45) is -2.78. The van der Waals surface area contributed by atoms with Crippen molar-refractivity contribution in [2.45, 2.75) is 89.5 Å². The standard InChI is InChI=1S/C20H22BrF4N3O4.C7H12FN/c1-9-12(6-7-28(9)18(29)32-19(2,3)4)31-16-10-8-11(20(23,24)25)13(21)14(22)15(10)26-17(27-16)30-5;8-6-4-7-2-1-3-9(7)5-6/h8-9,12H,6-7H2,1-5H3;6-7H,1-5H2/t9-,12?;/m1./s1. The predicted molar refractivity (Wildman–Crippen MR) is 144 cm³/mol. The average molecular weight is 653 g/mol. The molecule has 3 unspecified atom stereocenters. The first-order valence-electron chi connectivity index (χ1n) is 13.4. The number of amides is 1. The maximum absolute atomic E-state index is 14.8. The fourth-order valence-electron chi connectivity index (χ4n) is 5.36. The van der Waals surface area contributed by atoms with Crippen molar-refractivity contribution in [2.75, 3.05) is 26.7 Å². The van der Waals surface area contributed by atoms with Crippen LogP contribution in [0.1, 0.15) is 58.9 Å². The van der Waals surface area contributed by atoms with E-state index in [9.17, 15) is 26.7 Å². The van der Waals surface area contributed by atoms with Crippen molar-refractivity contribution >= 4 is 32.9 Å². The summed E-state index contributed by atoms with van der Waals surface area (Å²) in [5, 5.41) is -0.262. The van der Waals surface area contributed by atoms with Gasteiger partial charge in [0.05, 0.1) is 28.6 Å². The van der Waals surface area contributed by atoms with Crippen molar-refractivity contribution in [2.24, 2.45) is 0 Å². The fraction of sp³-hybridized carbons (Fsp3) is 0.667. The van der Waals surface area contributed by atoms with E-state index in [4.69, 9.17) is 14.2 Å². The maximum Gasteiger partial charge on any atom is 0.417 e. The Balaban J connectivity index is 0.000000360. The molecule has 2 aromatic rings. The maximum atomic E-state index is 14.8. The van der Waals surface area contributed by atoms with Crippen LogP contribution in [0, 0.1) is 5.82 Å². The number of halogens is 6. The van der Waals surface area contributed by atoms with Gasteiger partial charge in [-0.1, -0.05) is 0 Å². The van der Waals surface area contributed by atoms with E-state index in [0.717, 1.165) is 19.0 Å². The average Bonchev–Trinajstić information content (AvgIpc) is 3.55. The lowest BCUT2D eigenvalue weighted by Gasteiger charge is -2.28. The SMILES string of the molecule is COc1nc(OC2CCN(C(=O)OC(C)(C)C)[C@@H]2C)c2cc(C(F)(F)F)c(Br)c(F)c2n1.FC1CC2CCCN2C1. The van der Waals surface area contributed by atoms with Gasteiger partial charge in [0.1, 0.15) is 23.4 Å². The molecule has 41 heavy (non-hydrogen) atoms. The molecule has 5 rings (SSSR count). The molecule has 0 aliphatic carbocycles. The molecule has 1 aromatic heterocycles. The number of aromatic nitrogens is 2. The van der Waals surface area contributed by atoms with Gasteiger partial charge in [0.15, 0.2) is 5.82 Å². The Morgan fingerprint density at radius 3 is 2.46 bits per heavy atom. The zero-order valence-corrected chi connectivity index (χ0v) is 25.1. The van der Waals surface area contributed by atoms with E-state index in [1.807, 2.05) is 0 Å². The molecular formula is C27H34BrF5N4O4. The van der Waals surface area contributed by atoms with Gasteiger partial charge in [0, 0.05) is 25.6 Å². The first-order chi connectivity index (χ1) is 19.1. The summed E-state index contributed by atoms with van der Waals surface area (Å²) in [6, 6.07) is 0.596. The van der Waals surface area contributed by atoms with Crippen molar-refractivity contribution in [1.29, 1.82) is 0 Å². The van der Waals surface area contributed by atoms with Crippen LogP contribution < -0.4 is 9.47 Å². The van der Waals surface area contributed by atoms with Gasteiger partial charge in [-0.05, 0) is 75.5 Å². The minimum Gasteiger partial charge on any atom is -0.471 e. The Morgan fingerprint density at radius 2 is 1.85 bits per heavy atom. The Bertz CT molecular complexity index is 1260. The van der Waals surface area contributed by atoms with Gasteiger partial charge in [-0.15, -0.1) is 0 Å². The third-order valence-corrected chi connectivity index (χ3v) is 8.11. The number of ether oxygens (including phenoxy) is 3. The highest BCUT2D eigenvalue weighted by Crippen LogP contribution is 2.41. The number of benzene rings is 1. The molecular weight excluding hydrogens is 619 g/mol. The van der Waals surface area contributed by atoms with E-state index >= 15 is 0 Å². The van der Waals surface area contributed by atoms with Crippen molar-refractivity contribution in [1.82, 2.24) is 19.8 Å². The number of carbonyl (C=O) groups excluding carboxylic acids is 1. The van der Waals surface area contributed by atoms with E-state index in [0.29, 0.717) is 25.6 Å². The van der Waals surface area contributed by atoms with Gasteiger partial charge >= 0.3 is 18.3 Å². The lowest BCUT2D eigenvalue weighted by Crippen LogP contribution is -2.42. The van der Waals surface area contributed by atoms with Gasteiger partial charge in [0.25, 0.3) is 0 Å². The van der Waals surface area contributed by atoms with Gasteiger partial charge in [-0.3, -0.25) is 4.90 Å². The molecule has 14 heteroatoms. The molecule has 3 saturated heterocycles. The molecule has 4 heterocycles. The summed E-state index contributed by atoms with van der Waals surface area (Å²) in [6.45, 7) is 9.11. The topological polar surface area (TPSA) is 77.0 Å². The Hall–Kier alpha value is -2.48. The Labute approximate surface area is 243 Å². The number of methoxy groups -OCH3 is 1. The zero-order valence-electron chi connectivity index (χ0n) is 23.5. The van der Waals surface area contributed by atoms with Crippen molar-refractivity contribution in [3.05, 3.63) is 21.9 Å². The van der Waals surface area contributed by atoms with E-state index in [1.54, 1.807) is 27.7 Å². The summed E-state index contributed by atoms with van der Waals surface area (Å²) in [5.41, 5.74) is -2.30. The summed E-state index contributed by atoms with van der Waals surface area (Å²) >= 11 is 2.66. The zero-order chi connectivity index (χ0) is 30.3. The number of fused-ring (bicyclic) bond motifs is 2. The van der Waals surface area contributed by atoms with Crippen molar-refractivity contribution in [3.8, 4) is 11.9 Å². The van der Waals surface area contributed by atoms with Crippen LogP contribution in [-0.4, -0.2) is 82.6 Å². The number of nitrogens with zero attached hydrogens (tertiary/aromatic N) is 4. The summed E-state index contributed by atoms with van der Waals surface area (Å²) < 4.78 is 83.1. The highest BCUT2D eigenvalue weighted by atomic mass is 79.9. The molecule has 228 valence electrons. The van der Waals surface area contributed by atoms with E-state index in [2.05, 4.69) is 30.8 Å². The number of hydrogen-bond acceptors (Lipinski definition) is 7. The lowest BCUT2D eigenvalue weighted by atomic mass is 10.1. The molecule has 0 N–H and O–H groups in total. The first kappa shape index (κ1) is 31.5. The molecule has 0 spiro atoms. The molecule has 0 bridgehead atoms. The van der Waals surface area contributed by atoms with Crippen LogP contribution in [0.25, 0.3) is 10.9 Å².